The number of hydrogen-bond acceptors (Lipinski definition) is 3. The molecule has 4 heteroatoms. The summed E-state index contributed by atoms with van der Waals surface area (Å²) >= 11 is 0. The lowest BCUT2D eigenvalue weighted by molar-refractivity contribution is 0.0963. The third-order valence-electron chi connectivity index (χ3n) is 4.16. The van der Waals surface area contributed by atoms with Crippen LogP contribution in [0.4, 0.5) is 0 Å². The molecule has 1 aliphatic rings. The van der Waals surface area contributed by atoms with Gasteiger partial charge in [0.25, 0.3) is 0 Å². The summed E-state index contributed by atoms with van der Waals surface area (Å²) < 4.78 is 7.78. The van der Waals surface area contributed by atoms with Crippen molar-refractivity contribution in [2.75, 3.05) is 6.61 Å². The number of aromatic nitrogens is 2. The van der Waals surface area contributed by atoms with E-state index in [9.17, 15) is 4.79 Å². The maximum atomic E-state index is 12.2. The van der Waals surface area contributed by atoms with Gasteiger partial charge in [0, 0.05) is 17.5 Å². The Morgan fingerprint density at radius 3 is 2.74 bits per heavy atom. The monoisotopic (exact) mass is 306 g/mol. The van der Waals surface area contributed by atoms with Gasteiger partial charge in [-0.2, -0.15) is 0 Å². The maximum absolute atomic E-state index is 12.2. The van der Waals surface area contributed by atoms with Crippen LogP contribution in [0.25, 0.3) is 11.0 Å². The predicted molar refractivity (Wildman–Crippen MR) is 88.7 cm³/mol. The zero-order valence-electron chi connectivity index (χ0n) is 12.8. The van der Waals surface area contributed by atoms with Gasteiger partial charge in [-0.3, -0.25) is 4.79 Å². The summed E-state index contributed by atoms with van der Waals surface area (Å²) in [5.41, 5.74) is 1.44. The highest BCUT2D eigenvalue weighted by molar-refractivity contribution is 5.99. The first-order valence-corrected chi connectivity index (χ1v) is 7.99. The summed E-state index contributed by atoms with van der Waals surface area (Å²) in [6, 6.07) is 15.6. The molecular formula is C19H18N2O2. The lowest BCUT2D eigenvalue weighted by atomic mass is 10.1. The molecule has 116 valence electrons. The van der Waals surface area contributed by atoms with E-state index in [1.54, 1.807) is 0 Å². The highest BCUT2D eigenvalue weighted by atomic mass is 16.5. The molecule has 3 aromatic rings. The van der Waals surface area contributed by atoms with Gasteiger partial charge in [0.2, 0.25) is 0 Å². The van der Waals surface area contributed by atoms with Crippen LogP contribution in [0.3, 0.4) is 0 Å². The molecule has 0 aliphatic heterocycles. The number of carbonyl (C=O) groups excluding carboxylic acids is 1. The highest BCUT2D eigenvalue weighted by Gasteiger charge is 2.31. The van der Waals surface area contributed by atoms with Gasteiger partial charge >= 0.3 is 0 Å². The van der Waals surface area contributed by atoms with Crippen LogP contribution in [0.2, 0.25) is 0 Å². The van der Waals surface area contributed by atoms with Gasteiger partial charge in [0.15, 0.2) is 5.78 Å². The number of ether oxygens (including phenoxy) is 1. The molecule has 0 unspecified atom stereocenters. The third-order valence-corrected chi connectivity index (χ3v) is 4.16. The van der Waals surface area contributed by atoms with Crippen molar-refractivity contribution in [3.63, 3.8) is 0 Å². The molecule has 0 radical (unpaired) electrons. The van der Waals surface area contributed by atoms with Crippen LogP contribution in [0.1, 0.15) is 23.3 Å². The Morgan fingerprint density at radius 2 is 1.96 bits per heavy atom. The van der Waals surface area contributed by atoms with Gasteiger partial charge in [-0.25, -0.2) is 4.98 Å². The summed E-state index contributed by atoms with van der Waals surface area (Å²) in [5, 5.41) is 1.05. The van der Waals surface area contributed by atoms with Crippen LogP contribution < -0.4 is 4.74 Å². The smallest absolute Gasteiger partial charge is 0.184 e. The number of benzene rings is 1. The molecule has 1 saturated carbocycles. The SMILES string of the molecule is O=C(c1ccc2ccn(CCOc3ccccc3)c2n1)C1CC1. The van der Waals surface area contributed by atoms with E-state index in [0.29, 0.717) is 18.8 Å². The summed E-state index contributed by atoms with van der Waals surface area (Å²) in [6.45, 7) is 1.27. The summed E-state index contributed by atoms with van der Waals surface area (Å²) in [5.74, 6) is 1.24. The molecule has 2 heterocycles. The van der Waals surface area contributed by atoms with Gasteiger partial charge in [0.1, 0.15) is 23.7 Å². The number of para-hydroxylation sites is 1. The lowest BCUT2D eigenvalue weighted by Crippen LogP contribution is -2.09. The van der Waals surface area contributed by atoms with Crippen molar-refractivity contribution in [2.24, 2.45) is 5.92 Å². The third kappa shape index (κ3) is 2.97. The Kier molecular flexibility index (Phi) is 3.58. The molecule has 23 heavy (non-hydrogen) atoms. The van der Waals surface area contributed by atoms with Crippen molar-refractivity contribution in [3.05, 3.63) is 60.4 Å². The molecule has 0 atom stereocenters. The Labute approximate surface area is 134 Å². The Bertz CT molecular complexity index is 835. The van der Waals surface area contributed by atoms with E-state index in [0.717, 1.165) is 29.6 Å². The zero-order valence-corrected chi connectivity index (χ0v) is 12.8. The Morgan fingerprint density at radius 1 is 1.13 bits per heavy atom. The summed E-state index contributed by atoms with van der Waals surface area (Å²) in [4.78, 5) is 16.8. The van der Waals surface area contributed by atoms with E-state index in [4.69, 9.17) is 4.74 Å². The van der Waals surface area contributed by atoms with E-state index in [1.807, 2.05) is 59.3 Å². The average molecular weight is 306 g/mol. The molecule has 2 aromatic heterocycles. The minimum Gasteiger partial charge on any atom is -0.492 e. The second-order valence-electron chi connectivity index (χ2n) is 5.92. The Balaban J connectivity index is 1.50. The van der Waals surface area contributed by atoms with Gasteiger partial charge < -0.3 is 9.30 Å². The fraction of sp³-hybridized carbons (Fsp3) is 0.263. The van der Waals surface area contributed by atoms with Gasteiger partial charge in [-0.15, -0.1) is 0 Å². The number of carbonyl (C=O) groups is 1. The number of pyridine rings is 1. The first-order chi connectivity index (χ1) is 11.3. The van der Waals surface area contributed by atoms with Crippen molar-refractivity contribution < 1.29 is 9.53 Å². The number of rotatable bonds is 6. The standard InChI is InChI=1S/C19H18N2O2/c22-18(14-6-7-14)17-9-8-15-10-11-21(19(15)20-17)12-13-23-16-4-2-1-3-5-16/h1-5,8-11,14H,6-7,12-13H2. The van der Waals surface area contributed by atoms with Crippen LogP contribution in [0.15, 0.2) is 54.7 Å². The molecule has 0 amide bonds. The Hall–Kier alpha value is -2.62. The van der Waals surface area contributed by atoms with Crippen LogP contribution in [-0.4, -0.2) is 21.9 Å². The van der Waals surface area contributed by atoms with Crippen LogP contribution in [0.5, 0.6) is 5.75 Å². The van der Waals surface area contributed by atoms with Crippen molar-refractivity contribution in [1.29, 1.82) is 0 Å². The van der Waals surface area contributed by atoms with Gasteiger partial charge in [0.05, 0.1) is 6.54 Å². The van der Waals surface area contributed by atoms with E-state index in [-0.39, 0.29) is 11.7 Å². The summed E-state index contributed by atoms with van der Waals surface area (Å²) in [7, 11) is 0. The predicted octanol–water partition coefficient (Wildman–Crippen LogP) is 3.71. The molecular weight excluding hydrogens is 288 g/mol. The zero-order chi connectivity index (χ0) is 15.6. The van der Waals surface area contributed by atoms with Crippen molar-refractivity contribution in [3.8, 4) is 5.75 Å². The molecule has 0 N–H and O–H groups in total. The number of hydrogen-bond donors (Lipinski definition) is 0. The first kappa shape index (κ1) is 14.0. The van der Waals surface area contributed by atoms with Crippen molar-refractivity contribution in [1.82, 2.24) is 9.55 Å². The van der Waals surface area contributed by atoms with Crippen LogP contribution >= 0.6 is 0 Å². The minimum absolute atomic E-state index is 0.181. The van der Waals surface area contributed by atoms with Crippen molar-refractivity contribution >= 4 is 16.8 Å². The lowest BCUT2D eigenvalue weighted by Gasteiger charge is -2.08. The largest absolute Gasteiger partial charge is 0.492 e. The van der Waals surface area contributed by atoms with E-state index >= 15 is 0 Å². The molecule has 1 aromatic carbocycles. The molecule has 0 saturated heterocycles. The van der Waals surface area contributed by atoms with E-state index in [1.165, 1.54) is 0 Å². The van der Waals surface area contributed by atoms with E-state index in [2.05, 4.69) is 4.98 Å². The fourth-order valence-corrected chi connectivity index (χ4v) is 2.71. The first-order valence-electron chi connectivity index (χ1n) is 7.99. The minimum atomic E-state index is 0.181. The topological polar surface area (TPSA) is 44.1 Å². The number of Topliss-reactive ketones (excluding diaryl/α,β-unsaturated/α-hetero) is 1. The maximum Gasteiger partial charge on any atom is 0.184 e. The second kappa shape index (κ2) is 5.88. The molecule has 1 aliphatic carbocycles. The quantitative estimate of drug-likeness (QED) is 0.652. The average Bonchev–Trinajstić information content (AvgIpc) is 3.37. The van der Waals surface area contributed by atoms with Gasteiger partial charge in [-0.05, 0) is 43.2 Å². The van der Waals surface area contributed by atoms with Gasteiger partial charge in [-0.1, -0.05) is 18.2 Å². The van der Waals surface area contributed by atoms with Crippen LogP contribution in [-0.2, 0) is 6.54 Å². The molecule has 0 bridgehead atoms. The van der Waals surface area contributed by atoms with Crippen LogP contribution in [0, 0.1) is 5.92 Å². The second-order valence-corrected chi connectivity index (χ2v) is 5.92. The fourth-order valence-electron chi connectivity index (χ4n) is 2.71. The molecule has 4 rings (SSSR count). The molecule has 1 fully saturated rings. The number of fused-ring (bicyclic) bond motifs is 1. The molecule has 0 spiro atoms. The number of ketones is 1. The van der Waals surface area contributed by atoms with E-state index < -0.39 is 0 Å². The normalized spacial score (nSPS) is 14.1. The summed E-state index contributed by atoms with van der Waals surface area (Å²) in [6.07, 6.45) is 4.01. The van der Waals surface area contributed by atoms with Crippen molar-refractivity contribution in [2.45, 2.75) is 19.4 Å². The number of nitrogens with zero attached hydrogens (tertiary/aromatic N) is 2. The molecule has 4 nitrogen and oxygen atoms in total. The highest BCUT2D eigenvalue weighted by Crippen LogP contribution is 2.32.